The van der Waals surface area contributed by atoms with Crippen LogP contribution in [-0.4, -0.2) is 15.9 Å². The maximum absolute atomic E-state index is 11.9. The molecule has 2 rings (SSSR count). The van der Waals surface area contributed by atoms with Crippen LogP contribution in [0.3, 0.4) is 0 Å². The number of aryl methyl sites for hydroxylation is 1. The Hall–Kier alpha value is -2.43. The van der Waals surface area contributed by atoms with Gasteiger partial charge in [0.2, 0.25) is 0 Å². The first kappa shape index (κ1) is 12.0. The molecule has 1 amide bonds. The number of nitrogens with zero attached hydrogens (tertiary/aromatic N) is 2. The van der Waals surface area contributed by atoms with E-state index in [0.29, 0.717) is 17.8 Å². The molecule has 0 aliphatic carbocycles. The average molecular weight is 242 g/mol. The summed E-state index contributed by atoms with van der Waals surface area (Å²) in [5.41, 5.74) is 8.33. The molecule has 0 bridgehead atoms. The number of rotatable bonds is 3. The molecule has 0 aliphatic heterocycles. The molecule has 0 fully saturated rings. The summed E-state index contributed by atoms with van der Waals surface area (Å²) in [5, 5.41) is 2.78. The van der Waals surface area contributed by atoms with Gasteiger partial charge in [-0.05, 0) is 24.6 Å². The quantitative estimate of drug-likeness (QED) is 0.850. The molecule has 0 saturated heterocycles. The standard InChI is InChI=1S/C13H14N4O/c1-9-5-12(14)11(8-16-9)13(18)17-7-10-3-2-4-15-6-10/h2-6,8H,7H2,1H3,(H2,14,16)(H,17,18). The first-order valence-corrected chi connectivity index (χ1v) is 5.56. The van der Waals surface area contributed by atoms with Gasteiger partial charge in [-0.2, -0.15) is 0 Å². The molecule has 3 N–H and O–H groups in total. The van der Waals surface area contributed by atoms with Gasteiger partial charge < -0.3 is 11.1 Å². The Labute approximate surface area is 105 Å². The van der Waals surface area contributed by atoms with Crippen LogP contribution in [0.5, 0.6) is 0 Å². The largest absolute Gasteiger partial charge is 0.398 e. The zero-order valence-electron chi connectivity index (χ0n) is 10.1. The van der Waals surface area contributed by atoms with E-state index in [9.17, 15) is 4.79 Å². The average Bonchev–Trinajstić information content (AvgIpc) is 2.37. The minimum absolute atomic E-state index is 0.233. The number of hydrogen-bond acceptors (Lipinski definition) is 4. The van der Waals surface area contributed by atoms with Crippen LogP contribution >= 0.6 is 0 Å². The fourth-order valence-electron chi connectivity index (χ4n) is 1.55. The van der Waals surface area contributed by atoms with Crippen LogP contribution in [0.2, 0.25) is 0 Å². The third kappa shape index (κ3) is 2.82. The number of pyridine rings is 2. The Kier molecular flexibility index (Phi) is 3.52. The van der Waals surface area contributed by atoms with E-state index in [-0.39, 0.29) is 5.91 Å². The van der Waals surface area contributed by atoms with Crippen molar-refractivity contribution in [2.24, 2.45) is 0 Å². The molecule has 18 heavy (non-hydrogen) atoms. The fraction of sp³-hybridized carbons (Fsp3) is 0.154. The molecule has 0 spiro atoms. The number of amides is 1. The summed E-state index contributed by atoms with van der Waals surface area (Å²) in [5.74, 6) is -0.233. The van der Waals surface area contributed by atoms with Gasteiger partial charge >= 0.3 is 0 Å². The van der Waals surface area contributed by atoms with Crippen LogP contribution in [0, 0.1) is 6.92 Å². The predicted octanol–water partition coefficient (Wildman–Crippen LogP) is 1.30. The van der Waals surface area contributed by atoms with E-state index in [2.05, 4.69) is 15.3 Å². The van der Waals surface area contributed by atoms with Crippen molar-refractivity contribution < 1.29 is 4.79 Å². The van der Waals surface area contributed by atoms with Gasteiger partial charge in [0.1, 0.15) is 0 Å². The van der Waals surface area contributed by atoms with Gasteiger partial charge in [-0.15, -0.1) is 0 Å². The van der Waals surface area contributed by atoms with Crippen molar-refractivity contribution in [3.63, 3.8) is 0 Å². The summed E-state index contributed by atoms with van der Waals surface area (Å²) >= 11 is 0. The normalized spacial score (nSPS) is 10.1. The number of aromatic nitrogens is 2. The molecule has 2 aromatic heterocycles. The first-order valence-electron chi connectivity index (χ1n) is 5.56. The molecule has 0 saturated carbocycles. The van der Waals surface area contributed by atoms with Gasteiger partial charge in [-0.25, -0.2) is 0 Å². The number of nitrogens with one attached hydrogen (secondary N) is 1. The van der Waals surface area contributed by atoms with Crippen LogP contribution in [0.4, 0.5) is 5.69 Å². The SMILES string of the molecule is Cc1cc(N)c(C(=O)NCc2cccnc2)cn1. The van der Waals surface area contributed by atoms with E-state index in [1.54, 1.807) is 18.5 Å². The molecule has 92 valence electrons. The van der Waals surface area contributed by atoms with Crippen LogP contribution in [-0.2, 0) is 6.54 Å². The second-order valence-electron chi connectivity index (χ2n) is 3.96. The molecule has 0 atom stereocenters. The van der Waals surface area contributed by atoms with E-state index in [1.165, 1.54) is 6.20 Å². The minimum atomic E-state index is -0.233. The Balaban J connectivity index is 2.04. The van der Waals surface area contributed by atoms with Crippen LogP contribution in [0.1, 0.15) is 21.6 Å². The van der Waals surface area contributed by atoms with Crippen LogP contribution < -0.4 is 11.1 Å². The zero-order valence-corrected chi connectivity index (χ0v) is 10.1. The summed E-state index contributed by atoms with van der Waals surface area (Å²) in [7, 11) is 0. The second-order valence-corrected chi connectivity index (χ2v) is 3.96. The number of carbonyl (C=O) groups is 1. The number of nitrogen functional groups attached to an aromatic ring is 1. The first-order chi connectivity index (χ1) is 8.66. The highest BCUT2D eigenvalue weighted by Gasteiger charge is 2.09. The number of hydrogen-bond donors (Lipinski definition) is 2. The van der Waals surface area contributed by atoms with E-state index >= 15 is 0 Å². The third-order valence-corrected chi connectivity index (χ3v) is 2.49. The maximum atomic E-state index is 11.9. The van der Waals surface area contributed by atoms with Gasteiger partial charge in [0, 0.05) is 36.5 Å². The lowest BCUT2D eigenvalue weighted by Gasteiger charge is -2.07. The van der Waals surface area contributed by atoms with E-state index in [0.717, 1.165) is 11.3 Å². The Morgan fingerprint density at radius 1 is 1.44 bits per heavy atom. The molecule has 5 nitrogen and oxygen atoms in total. The van der Waals surface area contributed by atoms with Crippen molar-refractivity contribution in [1.29, 1.82) is 0 Å². The Bertz CT molecular complexity index is 554. The van der Waals surface area contributed by atoms with Gasteiger partial charge in [0.05, 0.1) is 5.56 Å². The molecular formula is C13H14N4O. The highest BCUT2D eigenvalue weighted by molar-refractivity contribution is 5.98. The summed E-state index contributed by atoms with van der Waals surface area (Å²) < 4.78 is 0. The van der Waals surface area contributed by atoms with E-state index in [1.807, 2.05) is 19.1 Å². The molecule has 2 heterocycles. The van der Waals surface area contributed by atoms with Crippen molar-refractivity contribution in [2.45, 2.75) is 13.5 Å². The van der Waals surface area contributed by atoms with Gasteiger partial charge in [0.25, 0.3) is 5.91 Å². The van der Waals surface area contributed by atoms with Crippen molar-refractivity contribution in [2.75, 3.05) is 5.73 Å². The van der Waals surface area contributed by atoms with Crippen LogP contribution in [0.15, 0.2) is 36.8 Å². The highest BCUT2D eigenvalue weighted by Crippen LogP contribution is 2.11. The fourth-order valence-corrected chi connectivity index (χ4v) is 1.55. The number of nitrogens with two attached hydrogens (primary N) is 1. The molecule has 0 aromatic carbocycles. The molecule has 5 heteroatoms. The summed E-state index contributed by atoms with van der Waals surface area (Å²) in [4.78, 5) is 19.9. The van der Waals surface area contributed by atoms with Crippen LogP contribution in [0.25, 0.3) is 0 Å². The zero-order chi connectivity index (χ0) is 13.0. The number of carbonyl (C=O) groups excluding carboxylic acids is 1. The lowest BCUT2D eigenvalue weighted by molar-refractivity contribution is 0.0951. The number of anilines is 1. The van der Waals surface area contributed by atoms with Gasteiger partial charge in [0.15, 0.2) is 0 Å². The lowest BCUT2D eigenvalue weighted by Crippen LogP contribution is -2.24. The van der Waals surface area contributed by atoms with Gasteiger partial charge in [-0.3, -0.25) is 14.8 Å². The Morgan fingerprint density at radius 3 is 2.94 bits per heavy atom. The van der Waals surface area contributed by atoms with Crippen molar-refractivity contribution in [3.8, 4) is 0 Å². The summed E-state index contributed by atoms with van der Waals surface area (Å²) in [6.07, 6.45) is 4.88. The molecule has 2 aromatic rings. The summed E-state index contributed by atoms with van der Waals surface area (Å²) in [6.45, 7) is 2.24. The van der Waals surface area contributed by atoms with Crippen molar-refractivity contribution in [3.05, 3.63) is 53.6 Å². The lowest BCUT2D eigenvalue weighted by atomic mass is 10.2. The second kappa shape index (κ2) is 5.27. The topological polar surface area (TPSA) is 80.9 Å². The third-order valence-electron chi connectivity index (χ3n) is 2.49. The van der Waals surface area contributed by atoms with Gasteiger partial charge in [-0.1, -0.05) is 6.07 Å². The Morgan fingerprint density at radius 2 is 2.28 bits per heavy atom. The van der Waals surface area contributed by atoms with Crippen molar-refractivity contribution in [1.82, 2.24) is 15.3 Å². The molecule has 0 radical (unpaired) electrons. The molecular weight excluding hydrogens is 228 g/mol. The predicted molar refractivity (Wildman–Crippen MR) is 68.8 cm³/mol. The highest BCUT2D eigenvalue weighted by atomic mass is 16.1. The van der Waals surface area contributed by atoms with E-state index < -0.39 is 0 Å². The summed E-state index contributed by atoms with van der Waals surface area (Å²) in [6, 6.07) is 5.40. The maximum Gasteiger partial charge on any atom is 0.255 e. The monoisotopic (exact) mass is 242 g/mol. The van der Waals surface area contributed by atoms with E-state index in [4.69, 9.17) is 5.73 Å². The minimum Gasteiger partial charge on any atom is -0.398 e. The smallest absolute Gasteiger partial charge is 0.255 e. The van der Waals surface area contributed by atoms with Crippen molar-refractivity contribution >= 4 is 11.6 Å². The molecule has 0 unspecified atom stereocenters. The molecule has 0 aliphatic rings.